The summed E-state index contributed by atoms with van der Waals surface area (Å²) in [5, 5.41) is 11.2. The number of amides is 1. The summed E-state index contributed by atoms with van der Waals surface area (Å²) in [7, 11) is -3.84. The molecule has 1 aromatic carbocycles. The molecule has 0 saturated carbocycles. The standard InChI is InChI=1S/C22H25N7O3S/c1-15-11-12-23-22(24-15)28-33(31,32)19-8-6-18(7-9-19)25-21(30)17-4-3-13-29(14-17)20-10-5-16(2)26-27-20/h5-12,17H,3-4,13-14H2,1-2H3,(H,25,30)(H,23,24,28). The minimum absolute atomic E-state index is 0.00694. The van der Waals surface area contributed by atoms with E-state index in [2.05, 4.69) is 35.1 Å². The zero-order chi connectivity index (χ0) is 23.4. The summed E-state index contributed by atoms with van der Waals surface area (Å²) in [6, 6.07) is 11.5. The smallest absolute Gasteiger partial charge is 0.264 e. The van der Waals surface area contributed by atoms with E-state index in [1.807, 2.05) is 19.1 Å². The van der Waals surface area contributed by atoms with Crippen molar-refractivity contribution < 1.29 is 13.2 Å². The Bertz CT molecular complexity index is 1230. The normalized spacial score (nSPS) is 16.3. The van der Waals surface area contributed by atoms with Gasteiger partial charge in [0, 0.05) is 30.7 Å². The van der Waals surface area contributed by atoms with Crippen molar-refractivity contribution in [2.75, 3.05) is 28.0 Å². The van der Waals surface area contributed by atoms with Gasteiger partial charge in [0.1, 0.15) is 0 Å². The minimum atomic E-state index is -3.84. The lowest BCUT2D eigenvalue weighted by molar-refractivity contribution is -0.120. The number of carbonyl (C=O) groups excluding carboxylic acids is 1. The second-order valence-electron chi connectivity index (χ2n) is 7.96. The van der Waals surface area contributed by atoms with Crippen LogP contribution in [-0.4, -0.2) is 47.6 Å². The van der Waals surface area contributed by atoms with Gasteiger partial charge in [0.15, 0.2) is 5.82 Å². The third kappa shape index (κ3) is 5.61. The summed E-state index contributed by atoms with van der Waals surface area (Å²) in [6.45, 7) is 5.01. The number of benzene rings is 1. The van der Waals surface area contributed by atoms with Crippen molar-refractivity contribution >= 4 is 33.4 Å². The molecule has 0 bridgehead atoms. The third-order valence-electron chi connectivity index (χ3n) is 5.35. The molecule has 3 aromatic rings. The number of rotatable bonds is 6. The Hall–Kier alpha value is -3.60. The molecule has 10 nitrogen and oxygen atoms in total. The second-order valence-corrected chi connectivity index (χ2v) is 9.64. The van der Waals surface area contributed by atoms with Crippen LogP contribution in [0.4, 0.5) is 17.5 Å². The van der Waals surface area contributed by atoms with Crippen molar-refractivity contribution in [3.8, 4) is 0 Å². The van der Waals surface area contributed by atoms with E-state index in [0.29, 0.717) is 17.9 Å². The topological polar surface area (TPSA) is 130 Å². The monoisotopic (exact) mass is 467 g/mol. The lowest BCUT2D eigenvalue weighted by atomic mass is 9.97. The van der Waals surface area contributed by atoms with Crippen molar-refractivity contribution in [2.45, 2.75) is 31.6 Å². The van der Waals surface area contributed by atoms with Gasteiger partial charge in [-0.2, -0.15) is 5.10 Å². The van der Waals surface area contributed by atoms with Gasteiger partial charge < -0.3 is 10.2 Å². The van der Waals surface area contributed by atoms with Gasteiger partial charge in [0.2, 0.25) is 11.9 Å². The van der Waals surface area contributed by atoms with Gasteiger partial charge in [0.25, 0.3) is 10.0 Å². The van der Waals surface area contributed by atoms with Crippen LogP contribution >= 0.6 is 0 Å². The summed E-state index contributed by atoms with van der Waals surface area (Å²) in [4.78, 5) is 22.9. The predicted octanol–water partition coefficient (Wildman–Crippen LogP) is 2.54. The van der Waals surface area contributed by atoms with E-state index >= 15 is 0 Å². The number of aryl methyl sites for hydroxylation is 2. The molecule has 3 heterocycles. The zero-order valence-corrected chi connectivity index (χ0v) is 19.2. The molecule has 1 fully saturated rings. The summed E-state index contributed by atoms with van der Waals surface area (Å²) >= 11 is 0. The first-order valence-corrected chi connectivity index (χ1v) is 12.1. The maximum absolute atomic E-state index is 12.8. The summed E-state index contributed by atoms with van der Waals surface area (Å²) in [5.74, 6) is 0.456. The van der Waals surface area contributed by atoms with Crippen LogP contribution in [0.25, 0.3) is 0 Å². The Balaban J connectivity index is 1.39. The van der Waals surface area contributed by atoms with Crippen LogP contribution in [0.5, 0.6) is 0 Å². The number of nitrogens with one attached hydrogen (secondary N) is 2. The molecule has 0 aliphatic carbocycles. The maximum atomic E-state index is 12.8. The highest BCUT2D eigenvalue weighted by molar-refractivity contribution is 7.92. The summed E-state index contributed by atoms with van der Waals surface area (Å²) in [5.41, 5.74) is 2.02. The SMILES string of the molecule is Cc1ccc(N2CCCC(C(=O)Nc3ccc(S(=O)(=O)Nc4nccc(C)n4)cc3)C2)nn1. The summed E-state index contributed by atoms with van der Waals surface area (Å²) < 4.78 is 27.5. The fourth-order valence-corrected chi connectivity index (χ4v) is 4.55. The lowest BCUT2D eigenvalue weighted by Crippen LogP contribution is -2.41. The highest BCUT2D eigenvalue weighted by Crippen LogP contribution is 2.23. The molecule has 1 saturated heterocycles. The van der Waals surface area contributed by atoms with Gasteiger partial charge in [0.05, 0.1) is 16.5 Å². The number of carbonyl (C=O) groups is 1. The largest absolute Gasteiger partial charge is 0.354 e. The second kappa shape index (κ2) is 9.49. The number of hydrogen-bond acceptors (Lipinski definition) is 8. The van der Waals surface area contributed by atoms with E-state index in [-0.39, 0.29) is 22.7 Å². The van der Waals surface area contributed by atoms with Gasteiger partial charge in [-0.25, -0.2) is 23.1 Å². The van der Waals surface area contributed by atoms with E-state index in [4.69, 9.17) is 0 Å². The molecule has 1 unspecified atom stereocenters. The van der Waals surface area contributed by atoms with Crippen molar-refractivity contribution in [3.05, 3.63) is 60.0 Å². The summed E-state index contributed by atoms with van der Waals surface area (Å²) in [6.07, 6.45) is 3.13. The number of piperidine rings is 1. The van der Waals surface area contributed by atoms with E-state index in [9.17, 15) is 13.2 Å². The number of anilines is 3. The molecule has 2 N–H and O–H groups in total. The minimum Gasteiger partial charge on any atom is -0.354 e. The van der Waals surface area contributed by atoms with Crippen LogP contribution in [-0.2, 0) is 14.8 Å². The molecular formula is C22H25N7O3S. The van der Waals surface area contributed by atoms with Crippen molar-refractivity contribution in [3.63, 3.8) is 0 Å². The average molecular weight is 468 g/mol. The molecular weight excluding hydrogens is 442 g/mol. The molecule has 1 aliphatic heterocycles. The number of nitrogens with zero attached hydrogens (tertiary/aromatic N) is 5. The Kier molecular flexibility index (Phi) is 6.50. The molecule has 2 aromatic heterocycles. The number of sulfonamides is 1. The Morgan fingerprint density at radius 3 is 2.52 bits per heavy atom. The highest BCUT2D eigenvalue weighted by atomic mass is 32.2. The van der Waals surface area contributed by atoms with E-state index in [1.165, 1.54) is 18.3 Å². The van der Waals surface area contributed by atoms with Gasteiger partial charge in [-0.1, -0.05) is 0 Å². The Morgan fingerprint density at radius 2 is 1.82 bits per heavy atom. The van der Waals surface area contributed by atoms with Gasteiger partial charge in [-0.15, -0.1) is 5.10 Å². The molecule has 1 atom stereocenters. The Morgan fingerprint density at radius 1 is 1.03 bits per heavy atom. The maximum Gasteiger partial charge on any atom is 0.264 e. The third-order valence-corrected chi connectivity index (χ3v) is 6.70. The van der Waals surface area contributed by atoms with Gasteiger partial charge in [-0.05, 0) is 69.2 Å². The molecule has 4 rings (SSSR count). The van der Waals surface area contributed by atoms with Crippen molar-refractivity contribution in [1.82, 2.24) is 20.2 Å². The van der Waals surface area contributed by atoms with Crippen molar-refractivity contribution in [2.24, 2.45) is 5.92 Å². The zero-order valence-electron chi connectivity index (χ0n) is 18.4. The molecule has 1 amide bonds. The molecule has 1 aliphatic rings. The first-order chi connectivity index (χ1) is 15.8. The molecule has 33 heavy (non-hydrogen) atoms. The molecule has 0 spiro atoms. The fourth-order valence-electron chi connectivity index (χ4n) is 3.60. The van der Waals surface area contributed by atoms with Crippen LogP contribution < -0.4 is 14.9 Å². The van der Waals surface area contributed by atoms with E-state index in [1.54, 1.807) is 25.1 Å². The first-order valence-electron chi connectivity index (χ1n) is 10.6. The quantitative estimate of drug-likeness (QED) is 0.566. The van der Waals surface area contributed by atoms with Gasteiger partial charge >= 0.3 is 0 Å². The number of hydrogen-bond donors (Lipinski definition) is 2. The van der Waals surface area contributed by atoms with Crippen LogP contribution in [0.15, 0.2) is 53.6 Å². The Labute approximate surface area is 192 Å². The van der Waals surface area contributed by atoms with Crippen LogP contribution in [0.2, 0.25) is 0 Å². The van der Waals surface area contributed by atoms with E-state index < -0.39 is 10.0 Å². The average Bonchev–Trinajstić information content (AvgIpc) is 2.80. The molecule has 0 radical (unpaired) electrons. The first kappa shape index (κ1) is 22.6. The van der Waals surface area contributed by atoms with Crippen LogP contribution in [0, 0.1) is 19.8 Å². The number of aromatic nitrogens is 4. The molecule has 11 heteroatoms. The molecule has 172 valence electrons. The van der Waals surface area contributed by atoms with Crippen molar-refractivity contribution in [1.29, 1.82) is 0 Å². The van der Waals surface area contributed by atoms with Crippen LogP contribution in [0.1, 0.15) is 24.2 Å². The lowest BCUT2D eigenvalue weighted by Gasteiger charge is -2.32. The van der Waals surface area contributed by atoms with Crippen LogP contribution in [0.3, 0.4) is 0 Å². The van der Waals surface area contributed by atoms with E-state index in [0.717, 1.165) is 30.9 Å². The van der Waals surface area contributed by atoms with Gasteiger partial charge in [-0.3, -0.25) is 4.79 Å². The predicted molar refractivity (Wildman–Crippen MR) is 124 cm³/mol. The fraction of sp³-hybridized carbons (Fsp3) is 0.318. The highest BCUT2D eigenvalue weighted by Gasteiger charge is 2.27.